The molecule has 0 aromatic heterocycles. The molecule has 6 aromatic carbocycles. The molecule has 7 rings (SSSR count). The molecule has 53 heavy (non-hydrogen) atoms. The van der Waals surface area contributed by atoms with Crippen LogP contribution in [-0.4, -0.2) is 0 Å². The molecule has 0 radical (unpaired) electrons. The van der Waals surface area contributed by atoms with Gasteiger partial charge in [-0.2, -0.15) is 0 Å². The van der Waals surface area contributed by atoms with Gasteiger partial charge in [-0.05, 0) is 56.6 Å². The lowest BCUT2D eigenvalue weighted by molar-refractivity contribution is 1.00. The molecule has 0 heteroatoms. The van der Waals surface area contributed by atoms with Crippen molar-refractivity contribution in [2.24, 2.45) is 0 Å². The largest absolute Gasteiger partial charge is 0.0683 e. The molecule has 0 unspecified atom stereocenters. The van der Waals surface area contributed by atoms with Crippen LogP contribution >= 0.6 is 0 Å². The van der Waals surface area contributed by atoms with E-state index in [1.54, 1.807) is 0 Å². The average molecular weight is 717 g/mol. The molecule has 6 aromatic rings. The summed E-state index contributed by atoms with van der Waals surface area (Å²) in [5, 5.41) is 5.24. The summed E-state index contributed by atoms with van der Waals surface area (Å²) < 4.78 is 0. The minimum atomic E-state index is 1.10. The van der Waals surface area contributed by atoms with Crippen LogP contribution in [-0.2, 0) is 12.8 Å². The Bertz CT molecular complexity index is 1290. The van der Waals surface area contributed by atoms with Gasteiger partial charge in [-0.1, -0.05) is 275 Å². The molecule has 0 bridgehead atoms. The van der Waals surface area contributed by atoms with E-state index in [1.807, 2.05) is 27.7 Å². The Labute approximate surface area is 330 Å². The van der Waals surface area contributed by atoms with Gasteiger partial charge in [-0.25, -0.2) is 0 Å². The Morgan fingerprint density at radius 3 is 0.491 bits per heavy atom. The standard InChI is InChI=1S/C14H12.2C10H8.5C3H8.2C2H6/c1-2-6-12-10-14-8-4-3-7-13(14)9-11(12)5-1;2*1-2-6-10-8-4-3-7-9(10)5-1;5*1-3-2;2*1-2/h1-8H,9-10H2;2*1-8H;5*3H2,1-2H3;2*1-2H3. The Hall–Kier alpha value is -4.16. The van der Waals surface area contributed by atoms with Gasteiger partial charge in [0.05, 0.1) is 0 Å². The van der Waals surface area contributed by atoms with Gasteiger partial charge in [0.25, 0.3) is 0 Å². The van der Waals surface area contributed by atoms with Crippen LogP contribution in [0, 0.1) is 0 Å². The van der Waals surface area contributed by atoms with Crippen molar-refractivity contribution in [3.8, 4) is 0 Å². The second kappa shape index (κ2) is 40.6. The lowest BCUT2D eigenvalue weighted by Gasteiger charge is -2.18. The van der Waals surface area contributed by atoms with Crippen molar-refractivity contribution in [1.29, 1.82) is 0 Å². The lowest BCUT2D eigenvalue weighted by Crippen LogP contribution is -2.06. The zero-order valence-electron chi connectivity index (χ0n) is 36.8. The van der Waals surface area contributed by atoms with Gasteiger partial charge in [0.2, 0.25) is 0 Å². The summed E-state index contributed by atoms with van der Waals surface area (Å²) in [5.41, 5.74) is 5.97. The molecule has 0 nitrogen and oxygen atoms in total. The molecule has 0 amide bonds. The monoisotopic (exact) mass is 717 g/mol. The number of benzene rings is 6. The van der Waals surface area contributed by atoms with Crippen molar-refractivity contribution in [2.45, 2.75) is 142 Å². The molecule has 0 spiro atoms. The van der Waals surface area contributed by atoms with Crippen LogP contribution < -0.4 is 0 Å². The van der Waals surface area contributed by atoms with Gasteiger partial charge in [0.1, 0.15) is 0 Å². The first-order valence-electron chi connectivity index (χ1n) is 20.9. The number of fused-ring (bicyclic) bond motifs is 4. The first-order valence-corrected chi connectivity index (χ1v) is 20.9. The first kappa shape index (κ1) is 53.2. The molecule has 1 aliphatic carbocycles. The summed E-state index contributed by atoms with van der Waals surface area (Å²) in [6.07, 6.45) is 8.46. The third-order valence-electron chi connectivity index (χ3n) is 6.32. The predicted octanol–water partition coefficient (Wildman–Crippen LogP) is 18.0. The number of rotatable bonds is 0. The fourth-order valence-corrected chi connectivity index (χ4v) is 4.48. The Kier molecular flexibility index (Phi) is 40.8. The van der Waals surface area contributed by atoms with Gasteiger partial charge in [0, 0.05) is 0 Å². The summed E-state index contributed by atoms with van der Waals surface area (Å²) in [5.74, 6) is 0. The maximum atomic E-state index is 2.24. The molecule has 0 N–H and O–H groups in total. The Morgan fingerprint density at radius 1 is 0.245 bits per heavy atom. The van der Waals surface area contributed by atoms with E-state index in [1.165, 1.54) is 75.9 Å². The third-order valence-corrected chi connectivity index (χ3v) is 6.32. The lowest BCUT2D eigenvalue weighted by atomic mass is 9.86. The summed E-state index contributed by atoms with van der Waals surface area (Å²) in [6.45, 7) is 29.2. The van der Waals surface area contributed by atoms with Crippen molar-refractivity contribution >= 4 is 21.5 Å². The summed E-state index contributed by atoms with van der Waals surface area (Å²) >= 11 is 0. The van der Waals surface area contributed by atoms with E-state index in [-0.39, 0.29) is 0 Å². The normalized spacial score (nSPS) is 9.17. The fourth-order valence-electron chi connectivity index (χ4n) is 4.48. The predicted molar refractivity (Wildman–Crippen MR) is 249 cm³/mol. The topological polar surface area (TPSA) is 0 Å². The molecule has 0 atom stereocenters. The minimum absolute atomic E-state index is 1.10. The Morgan fingerprint density at radius 2 is 0.358 bits per heavy atom. The van der Waals surface area contributed by atoms with Crippen molar-refractivity contribution in [3.63, 3.8) is 0 Å². The molecule has 0 fully saturated rings. The van der Waals surface area contributed by atoms with Crippen LogP contribution in [0.5, 0.6) is 0 Å². The van der Waals surface area contributed by atoms with Crippen LogP contribution in [0.25, 0.3) is 21.5 Å². The Balaban J connectivity index is -0.000000581. The van der Waals surface area contributed by atoms with Crippen LogP contribution in [0.2, 0.25) is 0 Å². The molecule has 0 heterocycles. The third kappa shape index (κ3) is 26.3. The molecule has 0 aliphatic heterocycles. The van der Waals surface area contributed by atoms with E-state index >= 15 is 0 Å². The van der Waals surface area contributed by atoms with Gasteiger partial charge < -0.3 is 0 Å². The first-order chi connectivity index (χ1) is 25.9. The highest BCUT2D eigenvalue weighted by atomic mass is 14.2. The van der Waals surface area contributed by atoms with E-state index in [2.05, 4.69) is 215 Å². The van der Waals surface area contributed by atoms with Gasteiger partial charge in [-0.15, -0.1) is 0 Å². The van der Waals surface area contributed by atoms with Crippen molar-refractivity contribution in [3.05, 3.63) is 168 Å². The molecule has 0 saturated carbocycles. The highest BCUT2D eigenvalue weighted by Gasteiger charge is 2.13. The van der Waals surface area contributed by atoms with Gasteiger partial charge >= 0.3 is 0 Å². The van der Waals surface area contributed by atoms with Gasteiger partial charge in [0.15, 0.2) is 0 Å². The van der Waals surface area contributed by atoms with E-state index in [9.17, 15) is 0 Å². The number of hydrogen-bond acceptors (Lipinski definition) is 0. The van der Waals surface area contributed by atoms with E-state index in [4.69, 9.17) is 0 Å². The van der Waals surface area contributed by atoms with Crippen molar-refractivity contribution in [2.75, 3.05) is 0 Å². The minimum Gasteiger partial charge on any atom is -0.0683 e. The second-order valence-corrected chi connectivity index (χ2v) is 12.1. The smallest absolute Gasteiger partial charge is 0.00201 e. The zero-order chi connectivity index (χ0) is 40.5. The second-order valence-electron chi connectivity index (χ2n) is 12.1. The molecule has 0 saturated heterocycles. The zero-order valence-corrected chi connectivity index (χ0v) is 36.8. The van der Waals surface area contributed by atoms with Crippen molar-refractivity contribution in [1.82, 2.24) is 0 Å². The SMILES string of the molecule is CC.CC.CCC.CCC.CCC.CCC.CCC.c1ccc2c(c1)Cc1ccccc1C2.c1ccc2ccccc2c1.c1ccc2ccccc2c1. The molecule has 1 aliphatic rings. The van der Waals surface area contributed by atoms with Crippen LogP contribution in [0.15, 0.2) is 146 Å². The summed E-state index contributed by atoms with van der Waals surface area (Å²) in [7, 11) is 0. The van der Waals surface area contributed by atoms with Crippen LogP contribution in [0.4, 0.5) is 0 Å². The molecule has 292 valence electrons. The quantitative estimate of drug-likeness (QED) is 0.147. The summed E-state index contributed by atoms with van der Waals surface area (Å²) in [4.78, 5) is 0. The maximum absolute atomic E-state index is 2.24. The number of hydrogen-bond donors (Lipinski definition) is 0. The van der Waals surface area contributed by atoms with Crippen LogP contribution in [0.1, 0.15) is 151 Å². The van der Waals surface area contributed by atoms with Crippen molar-refractivity contribution < 1.29 is 0 Å². The van der Waals surface area contributed by atoms with E-state index in [0.717, 1.165) is 12.8 Å². The highest BCUT2D eigenvalue weighted by molar-refractivity contribution is 5.82. The highest BCUT2D eigenvalue weighted by Crippen LogP contribution is 2.26. The molecular weight excluding hydrogens is 637 g/mol. The van der Waals surface area contributed by atoms with Gasteiger partial charge in [-0.3, -0.25) is 0 Å². The van der Waals surface area contributed by atoms with E-state index < -0.39 is 0 Å². The maximum Gasteiger partial charge on any atom is -0.00201 e. The van der Waals surface area contributed by atoms with Crippen LogP contribution in [0.3, 0.4) is 0 Å². The average Bonchev–Trinajstić information content (AvgIpc) is 3.21. The fraction of sp³-hybridized carbons (Fsp3) is 0.396. The molecular formula is C53H80. The van der Waals surface area contributed by atoms with E-state index in [0.29, 0.717) is 0 Å². The summed E-state index contributed by atoms with van der Waals surface area (Å²) in [6, 6.07) is 50.9.